The second-order valence-corrected chi connectivity index (χ2v) is 6.96. The van der Waals surface area contributed by atoms with Gasteiger partial charge < -0.3 is 14.5 Å². The van der Waals surface area contributed by atoms with Gasteiger partial charge in [0.15, 0.2) is 0 Å². The monoisotopic (exact) mass is 347 g/mol. The van der Waals surface area contributed by atoms with Crippen molar-refractivity contribution < 1.29 is 9.53 Å². The lowest BCUT2D eigenvalue weighted by molar-refractivity contribution is -0.146. The third-order valence-corrected chi connectivity index (χ3v) is 5.08. The largest absolute Gasteiger partial charge is 0.368 e. The van der Waals surface area contributed by atoms with Crippen LogP contribution in [-0.4, -0.2) is 78.6 Å². The molecular formula is C18H29N5O2. The zero-order chi connectivity index (χ0) is 17.8. The first-order valence-corrected chi connectivity index (χ1v) is 9.25. The maximum absolute atomic E-state index is 13.1. The van der Waals surface area contributed by atoms with Crippen LogP contribution in [0.4, 0.5) is 5.95 Å². The number of hydrogen-bond donors (Lipinski definition) is 0. The van der Waals surface area contributed by atoms with E-state index in [1.807, 2.05) is 30.0 Å². The lowest BCUT2D eigenvalue weighted by Crippen LogP contribution is -2.53. The number of rotatable bonds is 4. The molecule has 7 nitrogen and oxygen atoms in total. The highest BCUT2D eigenvalue weighted by atomic mass is 16.5. The highest BCUT2D eigenvalue weighted by Crippen LogP contribution is 2.25. The summed E-state index contributed by atoms with van der Waals surface area (Å²) in [6.45, 7) is 5.88. The fourth-order valence-electron chi connectivity index (χ4n) is 3.64. The standard InChI is InChI=1S/C18H29N5O2/c1-4-22-10-6-5-7-15(22)17(24)23-11-12-25-16(13-23)14-8-9-19-18(20-14)21(2)3/h8-9,15-16H,4-7,10-13H2,1-3H3/t15-,16+/m1/s1. The van der Waals surface area contributed by atoms with Crippen molar-refractivity contribution in [2.75, 3.05) is 51.8 Å². The van der Waals surface area contributed by atoms with Gasteiger partial charge in [0.2, 0.25) is 11.9 Å². The fraction of sp³-hybridized carbons (Fsp3) is 0.722. The Morgan fingerprint density at radius 3 is 2.96 bits per heavy atom. The van der Waals surface area contributed by atoms with Gasteiger partial charge >= 0.3 is 0 Å². The van der Waals surface area contributed by atoms with E-state index >= 15 is 0 Å². The van der Waals surface area contributed by atoms with E-state index in [-0.39, 0.29) is 18.1 Å². The zero-order valence-corrected chi connectivity index (χ0v) is 15.5. The molecule has 0 N–H and O–H groups in total. The summed E-state index contributed by atoms with van der Waals surface area (Å²) < 4.78 is 5.90. The van der Waals surface area contributed by atoms with Gasteiger partial charge in [0.05, 0.1) is 24.9 Å². The topological polar surface area (TPSA) is 61.8 Å². The van der Waals surface area contributed by atoms with E-state index in [9.17, 15) is 4.79 Å². The molecular weight excluding hydrogens is 318 g/mol. The summed E-state index contributed by atoms with van der Waals surface area (Å²) in [7, 11) is 3.83. The molecule has 25 heavy (non-hydrogen) atoms. The van der Waals surface area contributed by atoms with Crippen molar-refractivity contribution in [2.24, 2.45) is 0 Å². The van der Waals surface area contributed by atoms with Gasteiger partial charge in [-0.05, 0) is 32.0 Å². The van der Waals surface area contributed by atoms with Crippen molar-refractivity contribution in [1.82, 2.24) is 19.8 Å². The van der Waals surface area contributed by atoms with E-state index in [0.29, 0.717) is 25.6 Å². The summed E-state index contributed by atoms with van der Waals surface area (Å²) in [6, 6.07) is 1.91. The molecule has 3 heterocycles. The first-order chi connectivity index (χ1) is 12.1. The number of anilines is 1. The first-order valence-electron chi connectivity index (χ1n) is 9.25. The van der Waals surface area contributed by atoms with Crippen molar-refractivity contribution >= 4 is 11.9 Å². The van der Waals surface area contributed by atoms with Crippen LogP contribution in [0, 0.1) is 0 Å². The Labute approximate surface area is 150 Å². The molecule has 0 aliphatic carbocycles. The van der Waals surface area contributed by atoms with E-state index in [1.54, 1.807) is 6.20 Å². The lowest BCUT2D eigenvalue weighted by atomic mass is 10.0. The van der Waals surface area contributed by atoms with Crippen LogP contribution in [0.5, 0.6) is 0 Å². The van der Waals surface area contributed by atoms with Crippen molar-refractivity contribution in [3.63, 3.8) is 0 Å². The molecule has 7 heteroatoms. The average Bonchev–Trinajstić information content (AvgIpc) is 2.67. The first kappa shape index (κ1) is 18.1. The highest BCUT2D eigenvalue weighted by molar-refractivity contribution is 5.82. The number of likely N-dealkylation sites (tertiary alicyclic amines) is 1. The van der Waals surface area contributed by atoms with Crippen molar-refractivity contribution in [2.45, 2.75) is 38.3 Å². The van der Waals surface area contributed by atoms with Crippen LogP contribution < -0.4 is 4.90 Å². The third kappa shape index (κ3) is 4.10. The van der Waals surface area contributed by atoms with Crippen LogP contribution in [0.3, 0.4) is 0 Å². The van der Waals surface area contributed by atoms with Crippen molar-refractivity contribution in [1.29, 1.82) is 0 Å². The Kier molecular flexibility index (Phi) is 5.86. The number of morpholine rings is 1. The van der Waals surface area contributed by atoms with Gasteiger partial charge in [-0.3, -0.25) is 9.69 Å². The lowest BCUT2D eigenvalue weighted by Gasteiger charge is -2.40. The maximum atomic E-state index is 13.1. The van der Waals surface area contributed by atoms with E-state index < -0.39 is 0 Å². The molecule has 2 aliphatic rings. The summed E-state index contributed by atoms with van der Waals surface area (Å²) in [5, 5.41) is 0. The third-order valence-electron chi connectivity index (χ3n) is 5.08. The number of ether oxygens (including phenoxy) is 1. The number of hydrogen-bond acceptors (Lipinski definition) is 6. The molecule has 3 rings (SSSR count). The summed E-state index contributed by atoms with van der Waals surface area (Å²) in [4.78, 5) is 28.0. The highest BCUT2D eigenvalue weighted by Gasteiger charge is 2.34. The summed E-state index contributed by atoms with van der Waals surface area (Å²) in [5.74, 6) is 0.908. The molecule has 2 fully saturated rings. The fourth-order valence-corrected chi connectivity index (χ4v) is 3.64. The molecule has 1 amide bonds. The number of nitrogens with zero attached hydrogens (tertiary/aromatic N) is 5. The molecule has 2 saturated heterocycles. The molecule has 0 bridgehead atoms. The van der Waals surface area contributed by atoms with E-state index in [1.165, 1.54) is 6.42 Å². The quantitative estimate of drug-likeness (QED) is 0.819. The van der Waals surface area contributed by atoms with Crippen LogP contribution in [0.1, 0.15) is 38.0 Å². The van der Waals surface area contributed by atoms with Gasteiger partial charge in [0, 0.05) is 26.8 Å². The predicted molar refractivity (Wildman–Crippen MR) is 96.5 cm³/mol. The van der Waals surface area contributed by atoms with Gasteiger partial charge in [-0.25, -0.2) is 9.97 Å². The predicted octanol–water partition coefficient (Wildman–Crippen LogP) is 1.32. The van der Waals surface area contributed by atoms with Crippen LogP contribution in [0.25, 0.3) is 0 Å². The number of aromatic nitrogens is 2. The van der Waals surface area contributed by atoms with Gasteiger partial charge in [-0.15, -0.1) is 0 Å². The Morgan fingerprint density at radius 1 is 1.36 bits per heavy atom. The minimum absolute atomic E-state index is 0.0280. The Bertz CT molecular complexity index is 595. The van der Waals surface area contributed by atoms with Gasteiger partial charge in [0.1, 0.15) is 6.10 Å². The van der Waals surface area contributed by atoms with Crippen LogP contribution in [0.2, 0.25) is 0 Å². The second kappa shape index (κ2) is 8.10. The molecule has 0 spiro atoms. The van der Waals surface area contributed by atoms with E-state index in [4.69, 9.17) is 4.74 Å². The molecule has 0 radical (unpaired) electrons. The number of likely N-dealkylation sites (N-methyl/N-ethyl adjacent to an activating group) is 1. The van der Waals surface area contributed by atoms with Gasteiger partial charge in [-0.1, -0.05) is 13.3 Å². The second-order valence-electron chi connectivity index (χ2n) is 6.96. The SMILES string of the molecule is CCN1CCCC[C@@H]1C(=O)N1CCO[C@H](c2ccnc(N(C)C)n2)C1. The van der Waals surface area contributed by atoms with Crippen LogP contribution in [-0.2, 0) is 9.53 Å². The smallest absolute Gasteiger partial charge is 0.240 e. The maximum Gasteiger partial charge on any atom is 0.240 e. The number of carbonyl (C=O) groups excluding carboxylic acids is 1. The van der Waals surface area contributed by atoms with Crippen LogP contribution >= 0.6 is 0 Å². The Morgan fingerprint density at radius 2 is 2.20 bits per heavy atom. The van der Waals surface area contributed by atoms with Crippen molar-refractivity contribution in [3.8, 4) is 0 Å². The summed E-state index contributed by atoms with van der Waals surface area (Å²) >= 11 is 0. The Balaban J connectivity index is 1.70. The molecule has 1 aromatic rings. The van der Waals surface area contributed by atoms with Crippen molar-refractivity contribution in [3.05, 3.63) is 18.0 Å². The summed E-state index contributed by atoms with van der Waals surface area (Å²) in [5.41, 5.74) is 0.840. The van der Waals surface area contributed by atoms with Gasteiger partial charge in [-0.2, -0.15) is 0 Å². The summed E-state index contributed by atoms with van der Waals surface area (Å²) in [6.07, 6.45) is 4.86. The molecule has 138 valence electrons. The minimum Gasteiger partial charge on any atom is -0.368 e. The van der Waals surface area contributed by atoms with E-state index in [0.717, 1.165) is 31.6 Å². The van der Waals surface area contributed by atoms with Crippen LogP contribution in [0.15, 0.2) is 12.3 Å². The van der Waals surface area contributed by atoms with Gasteiger partial charge in [0.25, 0.3) is 0 Å². The number of amides is 1. The molecule has 2 atom stereocenters. The normalized spacial score (nSPS) is 25.0. The number of piperidine rings is 1. The Hall–Kier alpha value is -1.73. The molecule has 1 aromatic heterocycles. The average molecular weight is 347 g/mol. The zero-order valence-electron chi connectivity index (χ0n) is 15.5. The minimum atomic E-state index is -0.182. The van der Waals surface area contributed by atoms with E-state index in [2.05, 4.69) is 21.8 Å². The molecule has 2 aliphatic heterocycles. The number of carbonyl (C=O) groups is 1. The molecule has 0 unspecified atom stereocenters. The molecule has 0 saturated carbocycles. The molecule has 0 aromatic carbocycles.